The largest absolute Gasteiger partial charge is 0.508 e. The second-order valence-corrected chi connectivity index (χ2v) is 7.69. The van der Waals surface area contributed by atoms with Gasteiger partial charge >= 0.3 is 0 Å². The van der Waals surface area contributed by atoms with Crippen molar-refractivity contribution in [2.45, 2.75) is 5.60 Å². The number of nitrogens with one attached hydrogen (secondary N) is 1. The minimum absolute atomic E-state index is 0.0238. The van der Waals surface area contributed by atoms with Crippen molar-refractivity contribution in [3.05, 3.63) is 76.9 Å². The molecule has 34 heavy (non-hydrogen) atoms. The van der Waals surface area contributed by atoms with E-state index in [0.717, 1.165) is 5.56 Å². The SMILES string of the molecule is NCCOCCOONC(=O)c1ccc2c(c1)C1(O2)c2ccc(O)cc2Oc2cc(O)ccc21. The summed E-state index contributed by atoms with van der Waals surface area (Å²) in [7, 11) is 0. The summed E-state index contributed by atoms with van der Waals surface area (Å²) in [6, 6.07) is 14.4. The van der Waals surface area contributed by atoms with Crippen LogP contribution in [0.3, 0.4) is 0 Å². The lowest BCUT2D eigenvalue weighted by atomic mass is 9.73. The number of amides is 1. The number of phenolic OH excluding ortho intramolecular Hbond substituents is 2. The topological polar surface area (TPSA) is 142 Å². The molecule has 0 unspecified atom stereocenters. The van der Waals surface area contributed by atoms with Crippen LogP contribution in [0.4, 0.5) is 0 Å². The molecule has 0 saturated carbocycles. The highest BCUT2D eigenvalue weighted by Gasteiger charge is 2.54. The van der Waals surface area contributed by atoms with E-state index in [9.17, 15) is 15.0 Å². The number of carbonyl (C=O) groups is 1. The lowest BCUT2D eigenvalue weighted by molar-refractivity contribution is -0.328. The fourth-order valence-corrected chi connectivity index (χ4v) is 4.09. The third-order valence-electron chi connectivity index (χ3n) is 5.56. The van der Waals surface area contributed by atoms with E-state index >= 15 is 0 Å². The van der Waals surface area contributed by atoms with Gasteiger partial charge in [0.2, 0.25) is 0 Å². The van der Waals surface area contributed by atoms with Crippen LogP contribution in [-0.2, 0) is 20.2 Å². The van der Waals surface area contributed by atoms with Crippen LogP contribution < -0.4 is 20.7 Å². The zero-order valence-electron chi connectivity index (χ0n) is 17.9. The molecule has 2 aliphatic heterocycles. The van der Waals surface area contributed by atoms with Crippen LogP contribution in [0.2, 0.25) is 0 Å². The van der Waals surface area contributed by atoms with Crippen molar-refractivity contribution in [3.8, 4) is 28.7 Å². The number of phenols is 2. The van der Waals surface area contributed by atoms with E-state index in [0.29, 0.717) is 47.1 Å². The van der Waals surface area contributed by atoms with Gasteiger partial charge in [-0.25, -0.2) is 4.89 Å². The van der Waals surface area contributed by atoms with E-state index in [4.69, 9.17) is 29.8 Å². The van der Waals surface area contributed by atoms with Crippen molar-refractivity contribution in [2.75, 3.05) is 26.4 Å². The number of aromatic hydroxyl groups is 2. The minimum Gasteiger partial charge on any atom is -0.508 e. The first-order valence-corrected chi connectivity index (χ1v) is 10.6. The summed E-state index contributed by atoms with van der Waals surface area (Å²) in [6.07, 6.45) is 0. The molecule has 5 rings (SSSR count). The maximum absolute atomic E-state index is 12.6. The normalized spacial score (nSPS) is 14.1. The Hall–Kier alpha value is -3.83. The Kier molecular flexibility index (Phi) is 5.72. The molecule has 1 amide bonds. The van der Waals surface area contributed by atoms with E-state index in [-0.39, 0.29) is 24.7 Å². The van der Waals surface area contributed by atoms with Crippen LogP contribution in [0.15, 0.2) is 54.6 Å². The molecule has 3 aromatic carbocycles. The summed E-state index contributed by atoms with van der Waals surface area (Å²) in [6.45, 7) is 1.21. The molecule has 0 aliphatic carbocycles. The van der Waals surface area contributed by atoms with Crippen LogP contribution in [0.25, 0.3) is 0 Å². The Balaban J connectivity index is 1.42. The smallest absolute Gasteiger partial charge is 0.277 e. The number of carbonyl (C=O) groups excluding carboxylic acids is 1. The highest BCUT2D eigenvalue weighted by atomic mass is 17.3. The average molecular weight is 466 g/mol. The molecule has 3 aromatic rings. The van der Waals surface area contributed by atoms with Crippen molar-refractivity contribution in [2.24, 2.45) is 5.73 Å². The number of benzene rings is 3. The van der Waals surface area contributed by atoms with Crippen LogP contribution in [0.1, 0.15) is 27.0 Å². The molecular weight excluding hydrogens is 444 g/mol. The van der Waals surface area contributed by atoms with Gasteiger partial charge in [0, 0.05) is 40.9 Å². The molecule has 0 bridgehead atoms. The van der Waals surface area contributed by atoms with E-state index in [1.54, 1.807) is 30.3 Å². The van der Waals surface area contributed by atoms with Crippen molar-refractivity contribution in [1.82, 2.24) is 5.48 Å². The Morgan fingerprint density at radius 3 is 2.26 bits per heavy atom. The minimum atomic E-state index is -1.08. The highest BCUT2D eigenvalue weighted by Crippen LogP contribution is 2.60. The third kappa shape index (κ3) is 3.68. The van der Waals surface area contributed by atoms with Gasteiger partial charge < -0.3 is 30.2 Å². The Bertz CT molecular complexity index is 1190. The van der Waals surface area contributed by atoms with Crippen LogP contribution in [0, 0.1) is 0 Å². The van der Waals surface area contributed by atoms with Gasteiger partial charge in [-0.1, -0.05) is 0 Å². The molecule has 0 saturated heterocycles. The molecule has 0 aromatic heterocycles. The van der Waals surface area contributed by atoms with Crippen molar-refractivity contribution in [1.29, 1.82) is 0 Å². The lowest BCUT2D eigenvalue weighted by Crippen LogP contribution is -2.45. The number of hydrogen-bond donors (Lipinski definition) is 4. The summed E-state index contributed by atoms with van der Waals surface area (Å²) < 4.78 is 17.4. The predicted octanol–water partition coefficient (Wildman–Crippen LogP) is 2.46. The highest BCUT2D eigenvalue weighted by molar-refractivity contribution is 5.94. The van der Waals surface area contributed by atoms with Gasteiger partial charge in [-0.05, 0) is 42.5 Å². The van der Waals surface area contributed by atoms with Gasteiger partial charge in [-0.15, -0.1) is 4.99 Å². The molecule has 2 heterocycles. The molecule has 10 heteroatoms. The molecular formula is C24H22N2O8. The zero-order valence-corrected chi connectivity index (χ0v) is 17.9. The number of hydrogen-bond acceptors (Lipinski definition) is 9. The predicted molar refractivity (Wildman–Crippen MR) is 118 cm³/mol. The number of hydroxylamine groups is 1. The van der Waals surface area contributed by atoms with Gasteiger partial charge in [0.25, 0.3) is 5.91 Å². The first kappa shape index (κ1) is 22.0. The van der Waals surface area contributed by atoms with Gasteiger partial charge in [0.15, 0.2) is 5.60 Å². The monoisotopic (exact) mass is 466 g/mol. The van der Waals surface area contributed by atoms with Gasteiger partial charge in [-0.3, -0.25) is 4.79 Å². The maximum atomic E-state index is 12.6. The molecule has 2 aliphatic rings. The Morgan fingerprint density at radius 2 is 1.59 bits per heavy atom. The van der Waals surface area contributed by atoms with Gasteiger partial charge in [-0.2, -0.15) is 5.48 Å². The summed E-state index contributed by atoms with van der Waals surface area (Å²) >= 11 is 0. The van der Waals surface area contributed by atoms with E-state index < -0.39 is 11.5 Å². The average Bonchev–Trinajstić information content (AvgIpc) is 2.81. The number of rotatable bonds is 8. The summed E-state index contributed by atoms with van der Waals surface area (Å²) in [5.41, 5.74) is 8.84. The number of ether oxygens (including phenoxy) is 3. The first-order chi connectivity index (χ1) is 16.5. The number of nitrogens with two attached hydrogens (primary N) is 1. The van der Waals surface area contributed by atoms with Crippen LogP contribution in [0.5, 0.6) is 28.7 Å². The molecule has 0 atom stereocenters. The number of fused-ring (bicyclic) bond motifs is 6. The fourth-order valence-electron chi connectivity index (χ4n) is 4.09. The summed E-state index contributed by atoms with van der Waals surface area (Å²) in [5.74, 6) is 0.883. The van der Waals surface area contributed by atoms with Crippen molar-refractivity contribution in [3.63, 3.8) is 0 Å². The molecule has 1 spiro atoms. The first-order valence-electron chi connectivity index (χ1n) is 10.6. The molecule has 5 N–H and O–H groups in total. The van der Waals surface area contributed by atoms with Gasteiger partial charge in [0.05, 0.1) is 13.2 Å². The molecule has 10 nitrogen and oxygen atoms in total. The Morgan fingerprint density at radius 1 is 0.882 bits per heavy atom. The van der Waals surface area contributed by atoms with E-state index in [1.165, 1.54) is 24.3 Å². The van der Waals surface area contributed by atoms with Crippen molar-refractivity contribution < 1.29 is 39.1 Å². The Labute approximate surface area is 194 Å². The second kappa shape index (κ2) is 8.84. The van der Waals surface area contributed by atoms with Crippen LogP contribution >= 0.6 is 0 Å². The van der Waals surface area contributed by atoms with E-state index in [1.807, 2.05) is 0 Å². The molecule has 176 valence electrons. The zero-order chi connectivity index (χ0) is 23.7. The van der Waals surface area contributed by atoms with Crippen LogP contribution in [-0.4, -0.2) is 42.5 Å². The quantitative estimate of drug-likeness (QED) is 0.224. The third-order valence-corrected chi connectivity index (χ3v) is 5.56. The summed E-state index contributed by atoms with van der Waals surface area (Å²) in [5, 5.41) is 19.9. The maximum Gasteiger partial charge on any atom is 0.277 e. The van der Waals surface area contributed by atoms with E-state index in [2.05, 4.69) is 5.48 Å². The fraction of sp³-hybridized carbons (Fsp3) is 0.208. The summed E-state index contributed by atoms with van der Waals surface area (Å²) in [4.78, 5) is 22.3. The molecule has 0 fully saturated rings. The standard InChI is InChI=1S/C24H22N2O8/c25-7-8-30-9-10-31-34-26-23(29)14-1-6-20-19(11-14)24(33-20)17-4-2-15(27)12-21(17)32-22-13-16(28)3-5-18(22)24/h1-6,11-13,27-28H,7-10,25H2,(H,26,29). The van der Waals surface area contributed by atoms with Gasteiger partial charge in [0.1, 0.15) is 35.4 Å². The second-order valence-electron chi connectivity index (χ2n) is 7.69. The lowest BCUT2D eigenvalue weighted by Gasteiger charge is -2.47. The van der Waals surface area contributed by atoms with Crippen molar-refractivity contribution >= 4 is 5.91 Å². The molecule has 0 radical (unpaired) electrons.